The van der Waals surface area contributed by atoms with Crippen molar-refractivity contribution in [2.45, 2.75) is 19.9 Å². The average molecular weight is 146 g/mol. The molecule has 1 unspecified atom stereocenters. The molecule has 0 saturated carbocycles. The van der Waals surface area contributed by atoms with E-state index in [1.165, 1.54) is 0 Å². The van der Waals surface area contributed by atoms with E-state index in [1.54, 1.807) is 12.5 Å². The first-order valence-corrected chi connectivity index (χ1v) is 3.24. The first kappa shape index (κ1) is 9.39. The molecule has 0 aliphatic heterocycles. The number of hydrogen-bond acceptors (Lipinski definition) is 3. The monoisotopic (exact) mass is 146 g/mol. The third kappa shape index (κ3) is 2.33. The van der Waals surface area contributed by atoms with Crippen LogP contribution in [0.3, 0.4) is 0 Å². The lowest BCUT2D eigenvalue weighted by molar-refractivity contribution is -0.132. The standard InChI is InChI=1S/C6H14N2O2/c1-4(2)5(7-3)6(9)8-10/h4-5,7,10H,1-3H3,(H,8,9). The van der Waals surface area contributed by atoms with Gasteiger partial charge in [0.25, 0.3) is 5.91 Å². The number of amides is 1. The molecule has 0 aliphatic carbocycles. The molecular formula is C6H14N2O2. The SMILES string of the molecule is CNC(C(=O)NO)C(C)C. The maximum absolute atomic E-state index is 10.8. The number of carbonyl (C=O) groups is 1. The number of carbonyl (C=O) groups excluding carboxylic acids is 1. The van der Waals surface area contributed by atoms with E-state index in [9.17, 15) is 4.79 Å². The third-order valence-electron chi connectivity index (χ3n) is 1.37. The van der Waals surface area contributed by atoms with Crippen molar-refractivity contribution in [2.24, 2.45) is 5.92 Å². The van der Waals surface area contributed by atoms with Crippen LogP contribution in [0, 0.1) is 5.92 Å². The van der Waals surface area contributed by atoms with Gasteiger partial charge in [0.05, 0.1) is 6.04 Å². The van der Waals surface area contributed by atoms with Gasteiger partial charge in [0.15, 0.2) is 0 Å². The summed E-state index contributed by atoms with van der Waals surface area (Å²) in [5.74, 6) is -0.213. The molecule has 0 aliphatic rings. The molecule has 3 N–H and O–H groups in total. The van der Waals surface area contributed by atoms with E-state index in [1.807, 2.05) is 13.8 Å². The van der Waals surface area contributed by atoms with Gasteiger partial charge in [-0.3, -0.25) is 10.0 Å². The lowest BCUT2D eigenvalue weighted by Gasteiger charge is -2.16. The number of rotatable bonds is 3. The highest BCUT2D eigenvalue weighted by Crippen LogP contribution is 1.99. The first-order chi connectivity index (χ1) is 4.63. The fourth-order valence-electron chi connectivity index (χ4n) is 0.837. The van der Waals surface area contributed by atoms with Crippen LogP contribution in [0.2, 0.25) is 0 Å². The Hall–Kier alpha value is -0.610. The summed E-state index contributed by atoms with van der Waals surface area (Å²) in [6.45, 7) is 3.80. The van der Waals surface area contributed by atoms with Gasteiger partial charge in [0.1, 0.15) is 0 Å². The Morgan fingerprint density at radius 2 is 2.00 bits per heavy atom. The molecule has 0 fully saturated rings. The predicted molar refractivity (Wildman–Crippen MR) is 37.6 cm³/mol. The zero-order chi connectivity index (χ0) is 8.15. The van der Waals surface area contributed by atoms with Crippen LogP contribution >= 0.6 is 0 Å². The molecule has 0 aromatic carbocycles. The summed E-state index contributed by atoms with van der Waals surface area (Å²) < 4.78 is 0. The Morgan fingerprint density at radius 3 is 2.10 bits per heavy atom. The topological polar surface area (TPSA) is 61.4 Å². The minimum atomic E-state index is -0.391. The second kappa shape index (κ2) is 4.24. The van der Waals surface area contributed by atoms with Crippen molar-refractivity contribution >= 4 is 5.91 Å². The van der Waals surface area contributed by atoms with Crippen molar-refractivity contribution in [2.75, 3.05) is 7.05 Å². The first-order valence-electron chi connectivity index (χ1n) is 3.24. The largest absolute Gasteiger partial charge is 0.309 e. The minimum Gasteiger partial charge on any atom is -0.309 e. The number of likely N-dealkylation sites (N-methyl/N-ethyl adjacent to an activating group) is 1. The molecule has 0 rings (SSSR count). The van der Waals surface area contributed by atoms with E-state index in [0.29, 0.717) is 0 Å². The molecule has 0 aromatic rings. The molecule has 0 spiro atoms. The quantitative estimate of drug-likeness (QED) is 0.379. The molecule has 1 atom stereocenters. The molecule has 60 valence electrons. The molecule has 0 aromatic heterocycles. The van der Waals surface area contributed by atoms with Crippen molar-refractivity contribution in [1.82, 2.24) is 10.8 Å². The van der Waals surface area contributed by atoms with Gasteiger partial charge < -0.3 is 5.32 Å². The summed E-state index contributed by atoms with van der Waals surface area (Å²) in [5, 5.41) is 11.0. The van der Waals surface area contributed by atoms with E-state index < -0.39 is 5.91 Å². The molecule has 1 amide bonds. The lowest BCUT2D eigenvalue weighted by atomic mass is 10.0. The summed E-state index contributed by atoms with van der Waals surface area (Å²) in [6.07, 6.45) is 0. The summed E-state index contributed by atoms with van der Waals surface area (Å²) in [7, 11) is 1.68. The maximum Gasteiger partial charge on any atom is 0.260 e. The molecular weight excluding hydrogens is 132 g/mol. The average Bonchev–Trinajstić information content (AvgIpc) is 1.88. The van der Waals surface area contributed by atoms with Crippen molar-refractivity contribution in [3.63, 3.8) is 0 Å². The van der Waals surface area contributed by atoms with E-state index in [4.69, 9.17) is 5.21 Å². The van der Waals surface area contributed by atoms with Crippen LogP contribution in [0.5, 0.6) is 0 Å². The highest BCUT2D eigenvalue weighted by Gasteiger charge is 2.18. The molecule has 10 heavy (non-hydrogen) atoms. The number of nitrogens with one attached hydrogen (secondary N) is 2. The molecule has 0 saturated heterocycles. The molecule has 0 heterocycles. The Balaban J connectivity index is 3.93. The van der Waals surface area contributed by atoms with Gasteiger partial charge in [-0.05, 0) is 13.0 Å². The summed E-state index contributed by atoms with van der Waals surface area (Å²) >= 11 is 0. The van der Waals surface area contributed by atoms with Gasteiger partial charge in [-0.15, -0.1) is 0 Å². The Bertz CT molecular complexity index is 114. The van der Waals surface area contributed by atoms with Crippen LogP contribution in [0.1, 0.15) is 13.8 Å². The lowest BCUT2D eigenvalue weighted by Crippen LogP contribution is -2.44. The number of hydrogen-bond donors (Lipinski definition) is 3. The zero-order valence-corrected chi connectivity index (χ0v) is 6.51. The Labute approximate surface area is 60.6 Å². The van der Waals surface area contributed by atoms with E-state index in [2.05, 4.69) is 5.32 Å². The zero-order valence-electron chi connectivity index (χ0n) is 6.51. The second-order valence-electron chi connectivity index (χ2n) is 2.49. The molecule has 4 nitrogen and oxygen atoms in total. The summed E-state index contributed by atoms with van der Waals surface area (Å²) in [5.41, 5.74) is 1.60. The second-order valence-corrected chi connectivity index (χ2v) is 2.49. The van der Waals surface area contributed by atoms with E-state index >= 15 is 0 Å². The summed E-state index contributed by atoms with van der Waals surface area (Å²) in [6, 6.07) is -0.315. The fraction of sp³-hybridized carbons (Fsp3) is 0.833. The van der Waals surface area contributed by atoms with E-state index in [0.717, 1.165) is 0 Å². The Morgan fingerprint density at radius 1 is 1.50 bits per heavy atom. The fourth-order valence-corrected chi connectivity index (χ4v) is 0.837. The van der Waals surface area contributed by atoms with Crippen molar-refractivity contribution in [3.8, 4) is 0 Å². The normalized spacial score (nSPS) is 13.3. The minimum absolute atomic E-state index is 0.178. The summed E-state index contributed by atoms with van der Waals surface area (Å²) in [4.78, 5) is 10.8. The van der Waals surface area contributed by atoms with Gasteiger partial charge in [-0.25, -0.2) is 5.48 Å². The Kier molecular flexibility index (Phi) is 3.99. The number of hydroxylamine groups is 1. The van der Waals surface area contributed by atoms with Gasteiger partial charge in [0.2, 0.25) is 0 Å². The molecule has 4 heteroatoms. The van der Waals surface area contributed by atoms with Crippen LogP contribution < -0.4 is 10.8 Å². The smallest absolute Gasteiger partial charge is 0.260 e. The third-order valence-corrected chi connectivity index (χ3v) is 1.37. The van der Waals surface area contributed by atoms with Crippen LogP contribution in [0.15, 0.2) is 0 Å². The van der Waals surface area contributed by atoms with Crippen molar-refractivity contribution in [1.29, 1.82) is 0 Å². The van der Waals surface area contributed by atoms with Gasteiger partial charge in [0, 0.05) is 0 Å². The highest BCUT2D eigenvalue weighted by molar-refractivity contribution is 5.80. The van der Waals surface area contributed by atoms with Crippen LogP contribution in [0.4, 0.5) is 0 Å². The van der Waals surface area contributed by atoms with Gasteiger partial charge in [-0.2, -0.15) is 0 Å². The highest BCUT2D eigenvalue weighted by atomic mass is 16.5. The molecule has 0 radical (unpaired) electrons. The van der Waals surface area contributed by atoms with Crippen LogP contribution in [-0.2, 0) is 4.79 Å². The molecule has 0 bridgehead atoms. The van der Waals surface area contributed by atoms with E-state index in [-0.39, 0.29) is 12.0 Å². The predicted octanol–water partition coefficient (Wildman–Crippen LogP) is -0.264. The van der Waals surface area contributed by atoms with Crippen molar-refractivity contribution in [3.05, 3.63) is 0 Å². The van der Waals surface area contributed by atoms with Gasteiger partial charge >= 0.3 is 0 Å². The van der Waals surface area contributed by atoms with Crippen LogP contribution in [-0.4, -0.2) is 24.2 Å². The van der Waals surface area contributed by atoms with Crippen LogP contribution in [0.25, 0.3) is 0 Å². The maximum atomic E-state index is 10.8. The van der Waals surface area contributed by atoms with Crippen molar-refractivity contribution < 1.29 is 10.0 Å². The van der Waals surface area contributed by atoms with Gasteiger partial charge in [-0.1, -0.05) is 13.8 Å².